The van der Waals surface area contributed by atoms with Crippen LogP contribution in [0.15, 0.2) is 4.99 Å². The van der Waals surface area contributed by atoms with Crippen molar-refractivity contribution in [1.82, 2.24) is 10.6 Å². The summed E-state index contributed by atoms with van der Waals surface area (Å²) in [7, 11) is -2.92. The van der Waals surface area contributed by atoms with E-state index in [1.807, 2.05) is 13.8 Å². The largest absolute Gasteiger partial charge is 0.378 e. The molecule has 1 rings (SSSR count). The van der Waals surface area contributed by atoms with Gasteiger partial charge in [0.05, 0.1) is 11.9 Å². The average molecular weight is 489 g/mol. The van der Waals surface area contributed by atoms with Crippen molar-refractivity contribution in [3.63, 3.8) is 0 Å². The Hall–Kier alpha value is -0.0900. The van der Waals surface area contributed by atoms with Gasteiger partial charge in [-0.2, -0.15) is 0 Å². The van der Waals surface area contributed by atoms with Crippen LogP contribution in [0.4, 0.5) is 0 Å². The van der Waals surface area contributed by atoms with Gasteiger partial charge in [-0.25, -0.2) is 8.42 Å². The van der Waals surface area contributed by atoms with Gasteiger partial charge >= 0.3 is 0 Å². The summed E-state index contributed by atoms with van der Waals surface area (Å²) in [5, 5.41) is 6.80. The summed E-state index contributed by atoms with van der Waals surface area (Å²) in [6.07, 6.45) is 5.25. The lowest BCUT2D eigenvalue weighted by atomic mass is 9.58. The van der Waals surface area contributed by atoms with E-state index in [1.54, 1.807) is 0 Å². The van der Waals surface area contributed by atoms with E-state index in [0.717, 1.165) is 38.4 Å². The number of aliphatic imine (C=N–C) groups is 1. The average Bonchev–Trinajstić information content (AvgIpc) is 2.50. The van der Waals surface area contributed by atoms with E-state index in [4.69, 9.17) is 4.74 Å². The first-order valence-corrected chi connectivity index (χ1v) is 11.2. The summed E-state index contributed by atoms with van der Waals surface area (Å²) in [6, 6.07) is 0.344. The molecule has 0 spiro atoms. The van der Waals surface area contributed by atoms with E-state index in [-0.39, 0.29) is 35.1 Å². The maximum absolute atomic E-state index is 11.2. The van der Waals surface area contributed by atoms with Crippen molar-refractivity contribution in [3.05, 3.63) is 0 Å². The van der Waals surface area contributed by atoms with Crippen molar-refractivity contribution in [2.75, 3.05) is 31.7 Å². The van der Waals surface area contributed by atoms with Crippen LogP contribution in [0.5, 0.6) is 0 Å². The van der Waals surface area contributed by atoms with Crippen LogP contribution in [0.1, 0.15) is 53.4 Å². The molecule has 2 atom stereocenters. The van der Waals surface area contributed by atoms with Crippen molar-refractivity contribution < 1.29 is 13.2 Å². The number of rotatable bonds is 10. The maximum atomic E-state index is 11.2. The van der Waals surface area contributed by atoms with Gasteiger partial charge in [0.2, 0.25) is 0 Å². The van der Waals surface area contributed by atoms with Gasteiger partial charge in [0.25, 0.3) is 0 Å². The minimum atomic E-state index is -2.92. The first kappa shape index (κ1) is 24.9. The molecule has 0 saturated heterocycles. The van der Waals surface area contributed by atoms with Crippen LogP contribution < -0.4 is 10.6 Å². The monoisotopic (exact) mass is 489 g/mol. The fraction of sp³-hybridized carbons (Fsp3) is 0.941. The molecule has 0 radical (unpaired) electrons. The Morgan fingerprint density at radius 3 is 2.36 bits per heavy atom. The zero-order chi connectivity index (χ0) is 18.2. The number of nitrogens with zero attached hydrogens (tertiary/aromatic N) is 1. The van der Waals surface area contributed by atoms with Gasteiger partial charge in [-0.1, -0.05) is 13.8 Å². The summed E-state index contributed by atoms with van der Waals surface area (Å²) in [5.74, 6) is 0.955. The Balaban J connectivity index is 0.00000576. The first-order chi connectivity index (χ1) is 11.3. The highest BCUT2D eigenvalue weighted by Gasteiger charge is 2.53. The lowest BCUT2D eigenvalue weighted by Crippen LogP contribution is -2.65. The molecule has 8 heteroatoms. The lowest BCUT2D eigenvalue weighted by Gasteiger charge is -2.55. The van der Waals surface area contributed by atoms with Crippen molar-refractivity contribution in [2.24, 2.45) is 10.4 Å². The van der Waals surface area contributed by atoms with E-state index in [9.17, 15) is 8.42 Å². The molecule has 2 unspecified atom stereocenters. The second-order valence-corrected chi connectivity index (χ2v) is 8.82. The van der Waals surface area contributed by atoms with E-state index in [0.29, 0.717) is 25.1 Å². The quantitative estimate of drug-likeness (QED) is 0.214. The van der Waals surface area contributed by atoms with Crippen LogP contribution in [0.2, 0.25) is 0 Å². The van der Waals surface area contributed by atoms with Crippen LogP contribution in [0.3, 0.4) is 0 Å². The molecule has 1 aliphatic rings. The number of ether oxygens (including phenoxy) is 1. The lowest BCUT2D eigenvalue weighted by molar-refractivity contribution is -0.133. The number of nitrogens with one attached hydrogen (secondary N) is 2. The van der Waals surface area contributed by atoms with Gasteiger partial charge in [-0.3, -0.25) is 4.99 Å². The van der Waals surface area contributed by atoms with E-state index in [1.165, 1.54) is 6.26 Å². The third-order valence-electron chi connectivity index (χ3n) is 5.07. The van der Waals surface area contributed by atoms with Gasteiger partial charge in [0.1, 0.15) is 9.84 Å². The van der Waals surface area contributed by atoms with Gasteiger partial charge in [-0.05, 0) is 39.5 Å². The number of guanidine groups is 1. The fourth-order valence-electron chi connectivity index (χ4n) is 3.59. The summed E-state index contributed by atoms with van der Waals surface area (Å²) in [5.41, 5.74) is 0.152. The predicted molar refractivity (Wildman–Crippen MR) is 116 cm³/mol. The molecule has 0 bridgehead atoms. The van der Waals surface area contributed by atoms with Gasteiger partial charge < -0.3 is 15.4 Å². The van der Waals surface area contributed by atoms with E-state index in [2.05, 4.69) is 29.5 Å². The molecule has 0 amide bonds. The summed E-state index contributed by atoms with van der Waals surface area (Å²) in [4.78, 5) is 4.53. The molecule has 0 heterocycles. The molecule has 2 N–H and O–H groups in total. The molecule has 1 aliphatic carbocycles. The minimum absolute atomic E-state index is 0. The summed E-state index contributed by atoms with van der Waals surface area (Å²) in [6.45, 7) is 10.6. The van der Waals surface area contributed by atoms with Gasteiger partial charge in [0, 0.05) is 37.4 Å². The van der Waals surface area contributed by atoms with E-state index < -0.39 is 9.84 Å². The Kier molecular flexibility index (Phi) is 11.5. The second kappa shape index (κ2) is 11.6. The predicted octanol–water partition coefficient (Wildman–Crippen LogP) is 2.58. The van der Waals surface area contributed by atoms with Crippen LogP contribution in [0, 0.1) is 5.41 Å². The van der Waals surface area contributed by atoms with Crippen LogP contribution >= 0.6 is 24.0 Å². The molecule has 6 nitrogen and oxygen atoms in total. The molecule has 0 aromatic rings. The molecule has 1 saturated carbocycles. The summed E-state index contributed by atoms with van der Waals surface area (Å²) < 4.78 is 28.3. The highest BCUT2D eigenvalue weighted by Crippen LogP contribution is 2.48. The van der Waals surface area contributed by atoms with Gasteiger partial charge in [0.15, 0.2) is 5.96 Å². The zero-order valence-electron chi connectivity index (χ0n) is 16.3. The Morgan fingerprint density at radius 1 is 1.24 bits per heavy atom. The molecule has 1 fully saturated rings. The number of sulfone groups is 1. The molecular weight excluding hydrogens is 453 g/mol. The van der Waals surface area contributed by atoms with Crippen molar-refractivity contribution in [2.45, 2.75) is 65.5 Å². The number of hydrogen-bond donors (Lipinski definition) is 2. The minimum Gasteiger partial charge on any atom is -0.378 e. The SMILES string of the molecule is CCNC(=NCCCS(C)(=O)=O)NC1CC(OCC)C1(CC)CC.I. The highest BCUT2D eigenvalue weighted by atomic mass is 127. The molecule has 25 heavy (non-hydrogen) atoms. The van der Waals surface area contributed by atoms with Crippen LogP contribution in [-0.4, -0.2) is 58.2 Å². The Bertz CT molecular complexity index is 507. The van der Waals surface area contributed by atoms with Gasteiger partial charge in [-0.15, -0.1) is 24.0 Å². The third-order valence-corrected chi connectivity index (χ3v) is 6.10. The fourth-order valence-corrected chi connectivity index (χ4v) is 4.24. The molecule has 0 aromatic carbocycles. The van der Waals surface area contributed by atoms with Crippen molar-refractivity contribution >= 4 is 39.8 Å². The van der Waals surface area contributed by atoms with Crippen molar-refractivity contribution in [3.8, 4) is 0 Å². The van der Waals surface area contributed by atoms with Crippen LogP contribution in [-0.2, 0) is 14.6 Å². The van der Waals surface area contributed by atoms with Crippen LogP contribution in [0.25, 0.3) is 0 Å². The Labute approximate surface area is 170 Å². The maximum Gasteiger partial charge on any atom is 0.191 e. The molecular formula is C17H36IN3O3S. The second-order valence-electron chi connectivity index (χ2n) is 6.56. The first-order valence-electron chi connectivity index (χ1n) is 9.17. The summed E-state index contributed by atoms with van der Waals surface area (Å²) >= 11 is 0. The number of halogens is 1. The highest BCUT2D eigenvalue weighted by molar-refractivity contribution is 14.0. The molecule has 0 aromatic heterocycles. The topological polar surface area (TPSA) is 79.8 Å². The molecule has 0 aliphatic heterocycles. The molecule has 150 valence electrons. The number of hydrogen-bond acceptors (Lipinski definition) is 4. The van der Waals surface area contributed by atoms with E-state index >= 15 is 0 Å². The standard InChI is InChI=1S/C17H35N3O3S.HI/c1-6-17(7-2)14(13-15(17)23-9-4)20-16(18-8-3)19-11-10-12-24(5,21)22;/h14-15H,6-13H2,1-5H3,(H2,18,19,20);1H. The Morgan fingerprint density at radius 2 is 1.88 bits per heavy atom. The smallest absolute Gasteiger partial charge is 0.191 e. The van der Waals surface area contributed by atoms with Crippen molar-refractivity contribution in [1.29, 1.82) is 0 Å². The normalized spacial score (nSPS) is 22.7. The zero-order valence-corrected chi connectivity index (χ0v) is 19.4. The third kappa shape index (κ3) is 7.21.